The Morgan fingerprint density at radius 1 is 0.683 bits per heavy atom. The van der Waals surface area contributed by atoms with E-state index in [1.165, 1.54) is 19.3 Å². The Hall–Kier alpha value is -1.46. The quantitative estimate of drug-likeness (QED) is 0.130. The van der Waals surface area contributed by atoms with Gasteiger partial charge in [0.2, 0.25) is 0 Å². The van der Waals surface area contributed by atoms with Crippen molar-refractivity contribution in [1.82, 2.24) is 0 Å². The second kappa shape index (κ2) is 18.3. The van der Waals surface area contributed by atoms with Gasteiger partial charge in [-0.3, -0.25) is 9.13 Å². The molecule has 0 heterocycles. The minimum atomic E-state index is -3.34. The molecule has 0 aliphatic heterocycles. The number of ether oxygens (including phenoxy) is 1. The van der Waals surface area contributed by atoms with Crippen LogP contribution in [0.2, 0.25) is 0 Å². The number of hydrogen-bond donors (Lipinski definition) is 0. The first-order valence-electron chi connectivity index (χ1n) is 15.2. The second-order valence-electron chi connectivity index (χ2n) is 10.8. The van der Waals surface area contributed by atoms with Crippen LogP contribution in [0.1, 0.15) is 85.3 Å². The van der Waals surface area contributed by atoms with Gasteiger partial charge >= 0.3 is 15.2 Å². The molecule has 2 aromatic carbocycles. The van der Waals surface area contributed by atoms with E-state index in [-0.39, 0.29) is 12.3 Å². The molecule has 0 amide bonds. The van der Waals surface area contributed by atoms with Gasteiger partial charge in [-0.25, -0.2) is 0 Å². The molecule has 232 valence electrons. The average molecular weight is 611 g/mol. The van der Waals surface area contributed by atoms with Gasteiger partial charge in [0, 0.05) is 0 Å². The lowest BCUT2D eigenvalue weighted by atomic mass is 9.97. The van der Waals surface area contributed by atoms with E-state index in [4.69, 9.17) is 22.8 Å². The summed E-state index contributed by atoms with van der Waals surface area (Å²) in [5.74, 6) is 2.20. The standard InChI is InChI=1S/C32H52O7P2/c1-8-36-40(33,37-9-2)24-28-15-16-30(25-41(34,38-10-3)39-11-4)32(23-28)29-17-19-31(20-18-29)35-22-21-27(7)14-12-13-26(5)6/h15-20,23,26-27H,8-14,21-22,24-25H2,1-7H3. The Morgan fingerprint density at radius 2 is 1.24 bits per heavy atom. The molecule has 41 heavy (non-hydrogen) atoms. The van der Waals surface area contributed by atoms with E-state index in [2.05, 4.69) is 20.8 Å². The van der Waals surface area contributed by atoms with E-state index in [1.807, 2.05) is 42.5 Å². The molecular weight excluding hydrogens is 558 g/mol. The van der Waals surface area contributed by atoms with Gasteiger partial charge in [-0.2, -0.15) is 0 Å². The highest BCUT2D eigenvalue weighted by molar-refractivity contribution is 7.53. The van der Waals surface area contributed by atoms with Crippen LogP contribution in [0.4, 0.5) is 0 Å². The van der Waals surface area contributed by atoms with Crippen LogP contribution in [0.25, 0.3) is 11.1 Å². The van der Waals surface area contributed by atoms with E-state index in [9.17, 15) is 9.13 Å². The van der Waals surface area contributed by atoms with Gasteiger partial charge in [-0.05, 0) is 80.3 Å². The lowest BCUT2D eigenvalue weighted by molar-refractivity contribution is 0.218. The summed E-state index contributed by atoms with van der Waals surface area (Å²) in [6, 6.07) is 13.7. The molecule has 0 radical (unpaired) electrons. The molecule has 0 aromatic heterocycles. The second-order valence-corrected chi connectivity index (χ2v) is 14.9. The van der Waals surface area contributed by atoms with Crippen molar-refractivity contribution in [2.45, 2.75) is 86.5 Å². The Morgan fingerprint density at radius 3 is 1.78 bits per heavy atom. The van der Waals surface area contributed by atoms with Gasteiger partial charge in [0.1, 0.15) is 5.75 Å². The van der Waals surface area contributed by atoms with E-state index < -0.39 is 15.2 Å². The van der Waals surface area contributed by atoms with Gasteiger partial charge in [-0.1, -0.05) is 70.4 Å². The summed E-state index contributed by atoms with van der Waals surface area (Å²) in [6.45, 7) is 15.9. The summed E-state index contributed by atoms with van der Waals surface area (Å²) in [6.07, 6.45) is 5.07. The summed E-state index contributed by atoms with van der Waals surface area (Å²) in [4.78, 5) is 0. The van der Waals surface area contributed by atoms with Crippen LogP contribution in [-0.2, 0) is 39.5 Å². The third-order valence-corrected chi connectivity index (χ3v) is 10.8. The van der Waals surface area contributed by atoms with Crippen LogP contribution in [0, 0.1) is 11.8 Å². The van der Waals surface area contributed by atoms with Crippen molar-refractivity contribution in [1.29, 1.82) is 0 Å². The lowest BCUT2D eigenvalue weighted by Crippen LogP contribution is -2.05. The molecule has 0 fully saturated rings. The van der Waals surface area contributed by atoms with Crippen molar-refractivity contribution in [2.75, 3.05) is 33.0 Å². The highest BCUT2D eigenvalue weighted by Crippen LogP contribution is 2.54. The Labute approximate surface area is 248 Å². The van der Waals surface area contributed by atoms with Crippen LogP contribution < -0.4 is 4.74 Å². The van der Waals surface area contributed by atoms with Crippen molar-refractivity contribution >= 4 is 15.2 Å². The molecule has 0 bridgehead atoms. The zero-order valence-corrected chi connectivity index (χ0v) is 28.0. The van der Waals surface area contributed by atoms with Crippen molar-refractivity contribution < 1.29 is 32.0 Å². The maximum Gasteiger partial charge on any atom is 0.335 e. The zero-order chi connectivity index (χ0) is 30.3. The first kappa shape index (κ1) is 35.7. The van der Waals surface area contributed by atoms with Gasteiger partial charge in [0.05, 0.1) is 45.4 Å². The molecule has 2 aromatic rings. The first-order chi connectivity index (χ1) is 19.6. The summed E-state index contributed by atoms with van der Waals surface area (Å²) < 4.78 is 55.0. The molecule has 9 heteroatoms. The molecule has 1 atom stereocenters. The molecule has 0 saturated carbocycles. The fourth-order valence-corrected chi connectivity index (χ4v) is 8.16. The molecule has 0 aliphatic carbocycles. The highest BCUT2D eigenvalue weighted by Gasteiger charge is 2.28. The normalized spacial score (nSPS) is 13.1. The smallest absolute Gasteiger partial charge is 0.335 e. The molecule has 0 saturated heterocycles. The summed E-state index contributed by atoms with van der Waals surface area (Å²) >= 11 is 0. The first-order valence-corrected chi connectivity index (χ1v) is 18.6. The Kier molecular flexibility index (Phi) is 15.9. The molecule has 7 nitrogen and oxygen atoms in total. The molecule has 2 rings (SSSR count). The van der Waals surface area contributed by atoms with E-state index in [0.29, 0.717) is 39.0 Å². The predicted octanol–water partition coefficient (Wildman–Crippen LogP) is 10.1. The third kappa shape index (κ3) is 12.7. The molecule has 0 aliphatic rings. The largest absolute Gasteiger partial charge is 0.494 e. The van der Waals surface area contributed by atoms with Crippen molar-refractivity contribution in [3.8, 4) is 16.9 Å². The number of rotatable bonds is 21. The Balaban J connectivity index is 2.28. The van der Waals surface area contributed by atoms with Crippen molar-refractivity contribution in [3.05, 3.63) is 53.6 Å². The van der Waals surface area contributed by atoms with Crippen LogP contribution in [0.3, 0.4) is 0 Å². The van der Waals surface area contributed by atoms with Crippen LogP contribution in [0.5, 0.6) is 5.75 Å². The SMILES string of the molecule is CCOP(=O)(Cc1ccc(CP(=O)(OCC)OCC)c(-c2ccc(OCCC(C)CCCC(C)C)cc2)c1)OCC. The minimum Gasteiger partial charge on any atom is -0.494 e. The zero-order valence-electron chi connectivity index (χ0n) is 26.2. The van der Waals surface area contributed by atoms with E-state index in [0.717, 1.165) is 40.3 Å². The van der Waals surface area contributed by atoms with Crippen molar-refractivity contribution in [2.24, 2.45) is 11.8 Å². The van der Waals surface area contributed by atoms with Crippen LogP contribution in [0.15, 0.2) is 42.5 Å². The summed E-state index contributed by atoms with van der Waals surface area (Å²) in [5.41, 5.74) is 3.43. The molecule has 1 unspecified atom stereocenters. The topological polar surface area (TPSA) is 80.3 Å². The maximum absolute atomic E-state index is 13.4. The molecular formula is C32H52O7P2. The summed E-state index contributed by atoms with van der Waals surface area (Å²) in [5, 5.41) is 0. The van der Waals surface area contributed by atoms with Crippen LogP contribution in [-0.4, -0.2) is 33.0 Å². The Bertz CT molecular complexity index is 1100. The summed E-state index contributed by atoms with van der Waals surface area (Å²) in [7, 11) is -6.64. The number of hydrogen-bond acceptors (Lipinski definition) is 7. The molecule has 0 spiro atoms. The molecule has 0 N–H and O–H groups in total. The monoisotopic (exact) mass is 610 g/mol. The number of benzene rings is 2. The van der Waals surface area contributed by atoms with E-state index >= 15 is 0 Å². The van der Waals surface area contributed by atoms with Gasteiger partial charge in [0.25, 0.3) is 0 Å². The van der Waals surface area contributed by atoms with Crippen molar-refractivity contribution in [3.63, 3.8) is 0 Å². The average Bonchev–Trinajstić information content (AvgIpc) is 2.90. The lowest BCUT2D eigenvalue weighted by Gasteiger charge is -2.21. The predicted molar refractivity (Wildman–Crippen MR) is 169 cm³/mol. The fraction of sp³-hybridized carbons (Fsp3) is 0.625. The van der Waals surface area contributed by atoms with E-state index in [1.54, 1.807) is 27.7 Å². The minimum absolute atomic E-state index is 0.131. The maximum atomic E-state index is 13.4. The van der Waals surface area contributed by atoms with Gasteiger partial charge < -0.3 is 22.8 Å². The van der Waals surface area contributed by atoms with Crippen LogP contribution >= 0.6 is 15.2 Å². The van der Waals surface area contributed by atoms with Gasteiger partial charge in [0.15, 0.2) is 0 Å². The fourth-order valence-electron chi connectivity index (χ4n) is 4.73. The van der Waals surface area contributed by atoms with Gasteiger partial charge in [-0.15, -0.1) is 0 Å². The third-order valence-electron chi connectivity index (χ3n) is 6.74. The highest BCUT2D eigenvalue weighted by atomic mass is 31.2.